The fourth-order valence-electron chi connectivity index (χ4n) is 3.89. The molecule has 0 spiro atoms. The van der Waals surface area contributed by atoms with Crippen LogP contribution in [0.2, 0.25) is 0 Å². The predicted molar refractivity (Wildman–Crippen MR) is 128 cm³/mol. The quantitative estimate of drug-likeness (QED) is 0.349. The SMILES string of the molecule is C=C(C)Cc1c(F)cc(CCCCC2CC\N=C/C(CCC)=C\N=C\NCC2)cc1F. The summed E-state index contributed by atoms with van der Waals surface area (Å²) in [4.78, 5) is 8.92. The minimum atomic E-state index is -0.459. The molecule has 1 aliphatic heterocycles. The highest BCUT2D eigenvalue weighted by atomic mass is 19.1. The smallest absolute Gasteiger partial charge is 0.129 e. The first kappa shape index (κ1) is 25.0. The van der Waals surface area contributed by atoms with Crippen molar-refractivity contribution in [2.24, 2.45) is 15.9 Å². The summed E-state index contributed by atoms with van der Waals surface area (Å²) in [6.07, 6.45) is 13.8. The Morgan fingerprint density at radius 3 is 2.65 bits per heavy atom. The van der Waals surface area contributed by atoms with Crippen LogP contribution in [0.3, 0.4) is 0 Å². The lowest BCUT2D eigenvalue weighted by molar-refractivity contribution is 0.408. The van der Waals surface area contributed by atoms with Crippen LogP contribution in [0.25, 0.3) is 0 Å². The van der Waals surface area contributed by atoms with Gasteiger partial charge in [-0.3, -0.25) is 4.99 Å². The van der Waals surface area contributed by atoms with Crippen LogP contribution in [-0.4, -0.2) is 25.6 Å². The molecule has 0 bridgehead atoms. The van der Waals surface area contributed by atoms with Gasteiger partial charge in [0.1, 0.15) is 11.6 Å². The van der Waals surface area contributed by atoms with Gasteiger partial charge in [-0.05, 0) is 74.6 Å². The van der Waals surface area contributed by atoms with Gasteiger partial charge < -0.3 is 5.32 Å². The molecular weight excluding hydrogens is 392 g/mol. The van der Waals surface area contributed by atoms with E-state index < -0.39 is 11.6 Å². The van der Waals surface area contributed by atoms with E-state index in [1.807, 2.05) is 12.4 Å². The molecule has 2 rings (SSSR count). The Balaban J connectivity index is 1.82. The molecule has 3 nitrogen and oxygen atoms in total. The van der Waals surface area contributed by atoms with E-state index in [1.165, 1.54) is 12.1 Å². The lowest BCUT2D eigenvalue weighted by Crippen LogP contribution is -2.17. The highest BCUT2D eigenvalue weighted by Gasteiger charge is 2.12. The summed E-state index contributed by atoms with van der Waals surface area (Å²) in [5.41, 5.74) is 2.77. The zero-order valence-corrected chi connectivity index (χ0v) is 19.1. The molecule has 0 fully saturated rings. The van der Waals surface area contributed by atoms with Crippen LogP contribution in [0.15, 0.2) is 46.0 Å². The molecule has 1 N–H and O–H groups in total. The van der Waals surface area contributed by atoms with Gasteiger partial charge in [0, 0.05) is 31.1 Å². The number of allylic oxidation sites excluding steroid dienone is 2. The van der Waals surface area contributed by atoms with Gasteiger partial charge in [-0.1, -0.05) is 38.3 Å². The molecule has 1 aromatic rings. The standard InChI is InChI=1S/C26H37F2N3/c1-4-7-23-17-29-12-10-21(11-13-30-19-31-18-23)8-5-6-9-22-15-25(27)24(14-20(2)3)26(28)16-22/h15-19,21H,2,4-14H2,1,3H3,(H,30,31)/b23-18-,29-17-. The maximum absolute atomic E-state index is 14.2. The van der Waals surface area contributed by atoms with E-state index >= 15 is 0 Å². The van der Waals surface area contributed by atoms with Crippen molar-refractivity contribution in [2.75, 3.05) is 13.1 Å². The van der Waals surface area contributed by atoms with Crippen molar-refractivity contribution >= 4 is 12.6 Å². The Labute approximate surface area is 186 Å². The van der Waals surface area contributed by atoms with Crippen molar-refractivity contribution in [2.45, 2.75) is 71.6 Å². The van der Waals surface area contributed by atoms with Crippen LogP contribution < -0.4 is 5.32 Å². The Morgan fingerprint density at radius 1 is 1.16 bits per heavy atom. The fraction of sp³-hybridized carbons (Fsp3) is 0.538. The van der Waals surface area contributed by atoms with Gasteiger partial charge in [0.2, 0.25) is 0 Å². The average Bonchev–Trinajstić information content (AvgIpc) is 2.71. The number of benzene rings is 1. The molecule has 170 valence electrons. The highest BCUT2D eigenvalue weighted by Crippen LogP contribution is 2.22. The first-order valence-electron chi connectivity index (χ1n) is 11.5. The zero-order chi connectivity index (χ0) is 22.5. The van der Waals surface area contributed by atoms with Crippen LogP contribution >= 0.6 is 0 Å². The second kappa shape index (κ2) is 13.9. The monoisotopic (exact) mass is 429 g/mol. The molecule has 1 unspecified atom stereocenters. The van der Waals surface area contributed by atoms with Gasteiger partial charge in [-0.2, -0.15) is 0 Å². The number of hydrogen-bond donors (Lipinski definition) is 1. The number of hydrogen-bond acceptors (Lipinski definition) is 3. The van der Waals surface area contributed by atoms with Crippen molar-refractivity contribution in [3.05, 3.63) is 58.8 Å². The number of aliphatic imine (C=N–C) groups is 2. The number of halogens is 2. The minimum Gasteiger partial charge on any atom is -0.376 e. The largest absolute Gasteiger partial charge is 0.376 e. The minimum absolute atomic E-state index is 0.123. The first-order chi connectivity index (χ1) is 15.0. The van der Waals surface area contributed by atoms with Gasteiger partial charge in [0.15, 0.2) is 0 Å². The molecule has 0 aromatic heterocycles. The number of nitrogens with one attached hydrogen (secondary N) is 1. The van der Waals surface area contributed by atoms with E-state index in [-0.39, 0.29) is 12.0 Å². The van der Waals surface area contributed by atoms with Gasteiger partial charge >= 0.3 is 0 Å². The molecule has 1 heterocycles. The summed E-state index contributed by atoms with van der Waals surface area (Å²) in [5.74, 6) is -0.332. The third kappa shape index (κ3) is 9.58. The van der Waals surface area contributed by atoms with E-state index in [4.69, 9.17) is 0 Å². The van der Waals surface area contributed by atoms with E-state index in [9.17, 15) is 8.78 Å². The second-order valence-corrected chi connectivity index (χ2v) is 8.58. The topological polar surface area (TPSA) is 36.8 Å². The molecule has 1 aromatic carbocycles. The molecule has 0 saturated carbocycles. The molecule has 0 radical (unpaired) electrons. The Morgan fingerprint density at radius 2 is 1.94 bits per heavy atom. The van der Waals surface area contributed by atoms with Crippen molar-refractivity contribution in [1.82, 2.24) is 5.32 Å². The molecule has 1 atom stereocenters. The average molecular weight is 430 g/mol. The first-order valence-corrected chi connectivity index (χ1v) is 11.5. The Hall–Kier alpha value is -2.30. The van der Waals surface area contributed by atoms with Crippen molar-refractivity contribution < 1.29 is 8.78 Å². The van der Waals surface area contributed by atoms with Crippen LogP contribution in [0.4, 0.5) is 8.78 Å². The number of aryl methyl sites for hydroxylation is 1. The van der Waals surface area contributed by atoms with E-state index in [0.717, 1.165) is 74.7 Å². The third-order valence-corrected chi connectivity index (χ3v) is 5.57. The highest BCUT2D eigenvalue weighted by molar-refractivity contribution is 5.78. The van der Waals surface area contributed by atoms with Crippen LogP contribution in [0.1, 0.15) is 69.9 Å². The number of nitrogens with zero attached hydrogens (tertiary/aromatic N) is 2. The maximum Gasteiger partial charge on any atom is 0.129 e. The van der Waals surface area contributed by atoms with E-state index in [1.54, 1.807) is 13.3 Å². The molecule has 5 heteroatoms. The Kier molecular flexibility index (Phi) is 11.2. The maximum atomic E-state index is 14.2. The van der Waals surface area contributed by atoms with Gasteiger partial charge in [-0.15, -0.1) is 0 Å². The normalized spacial score (nSPS) is 21.2. The third-order valence-electron chi connectivity index (χ3n) is 5.57. The number of rotatable bonds is 9. The summed E-state index contributed by atoms with van der Waals surface area (Å²) in [6, 6.07) is 2.97. The van der Waals surface area contributed by atoms with Crippen molar-refractivity contribution in [1.29, 1.82) is 0 Å². The molecule has 1 aliphatic rings. The molecule has 0 saturated heterocycles. The van der Waals surface area contributed by atoms with Gasteiger partial charge in [0.25, 0.3) is 0 Å². The predicted octanol–water partition coefficient (Wildman–Crippen LogP) is 6.58. The van der Waals surface area contributed by atoms with Crippen molar-refractivity contribution in [3.8, 4) is 0 Å². The summed E-state index contributed by atoms with van der Waals surface area (Å²) in [7, 11) is 0. The van der Waals surface area contributed by atoms with Crippen LogP contribution in [0, 0.1) is 17.6 Å². The number of unbranched alkanes of at least 4 members (excludes halogenated alkanes) is 1. The second-order valence-electron chi connectivity index (χ2n) is 8.58. The summed E-state index contributed by atoms with van der Waals surface area (Å²) < 4.78 is 28.5. The van der Waals surface area contributed by atoms with Crippen LogP contribution in [0.5, 0.6) is 0 Å². The lowest BCUT2D eigenvalue weighted by Gasteiger charge is -2.16. The van der Waals surface area contributed by atoms with E-state index in [0.29, 0.717) is 12.3 Å². The molecular formula is C26H37F2N3. The molecule has 0 amide bonds. The molecule has 0 aliphatic carbocycles. The van der Waals surface area contributed by atoms with Gasteiger partial charge in [-0.25, -0.2) is 13.8 Å². The Bertz CT molecular complexity index is 773. The summed E-state index contributed by atoms with van der Waals surface area (Å²) in [6.45, 7) is 9.41. The summed E-state index contributed by atoms with van der Waals surface area (Å²) >= 11 is 0. The summed E-state index contributed by atoms with van der Waals surface area (Å²) in [5, 5.41) is 3.27. The zero-order valence-electron chi connectivity index (χ0n) is 19.1. The fourth-order valence-corrected chi connectivity index (χ4v) is 3.89. The van der Waals surface area contributed by atoms with Crippen LogP contribution in [-0.2, 0) is 12.8 Å². The van der Waals surface area contributed by atoms with E-state index in [2.05, 4.69) is 28.8 Å². The van der Waals surface area contributed by atoms with Crippen molar-refractivity contribution in [3.63, 3.8) is 0 Å². The molecule has 31 heavy (non-hydrogen) atoms. The van der Waals surface area contributed by atoms with Gasteiger partial charge in [0.05, 0.1) is 6.34 Å². The lowest BCUT2D eigenvalue weighted by atomic mass is 9.93.